The first-order chi connectivity index (χ1) is 18.3. The number of halogens is 12. The van der Waals surface area contributed by atoms with E-state index < -0.39 is 74.7 Å². The van der Waals surface area contributed by atoms with Gasteiger partial charge in [-0.2, -0.15) is 39.5 Å². The monoisotopic (exact) mass is 648 g/mol. The molecular formula is C24H12BrF11N2O2. The van der Waals surface area contributed by atoms with E-state index in [-0.39, 0.29) is 17.3 Å². The van der Waals surface area contributed by atoms with E-state index in [9.17, 15) is 57.9 Å². The lowest BCUT2D eigenvalue weighted by Gasteiger charge is -2.31. The van der Waals surface area contributed by atoms with Crippen LogP contribution < -0.4 is 10.6 Å². The van der Waals surface area contributed by atoms with Crippen LogP contribution in [-0.4, -0.2) is 24.2 Å². The number of rotatable bonds is 5. The molecule has 0 saturated carbocycles. The van der Waals surface area contributed by atoms with E-state index in [2.05, 4.69) is 21.2 Å². The summed E-state index contributed by atoms with van der Waals surface area (Å²) in [5.41, 5.74) is -12.5. The molecule has 0 aliphatic heterocycles. The summed E-state index contributed by atoms with van der Waals surface area (Å²) in [4.78, 5) is 25.0. The number of nitrogens with one attached hydrogen (secondary N) is 2. The van der Waals surface area contributed by atoms with E-state index >= 15 is 0 Å². The second kappa shape index (κ2) is 10.7. The third kappa shape index (κ3) is 6.21. The minimum atomic E-state index is -6.68. The van der Waals surface area contributed by atoms with E-state index in [1.807, 2.05) is 0 Å². The van der Waals surface area contributed by atoms with Crippen molar-refractivity contribution < 1.29 is 57.9 Å². The van der Waals surface area contributed by atoms with Crippen molar-refractivity contribution in [1.29, 1.82) is 0 Å². The average Bonchev–Trinajstić information content (AvgIpc) is 2.83. The minimum absolute atomic E-state index is 0.0109. The number of amides is 2. The Morgan fingerprint density at radius 2 is 1.23 bits per heavy atom. The molecule has 40 heavy (non-hydrogen) atoms. The highest BCUT2D eigenvalue weighted by atomic mass is 79.9. The molecule has 0 radical (unpaired) electrons. The molecule has 3 aromatic carbocycles. The number of hydrogen-bond acceptors (Lipinski definition) is 2. The van der Waals surface area contributed by atoms with Crippen LogP contribution in [0.4, 0.5) is 59.7 Å². The molecule has 2 amide bonds. The first kappa shape index (κ1) is 30.8. The topological polar surface area (TPSA) is 58.2 Å². The Balaban J connectivity index is 1.98. The smallest absolute Gasteiger partial charge is 0.322 e. The summed E-state index contributed by atoms with van der Waals surface area (Å²) >= 11 is 2.40. The van der Waals surface area contributed by atoms with E-state index in [1.54, 1.807) is 5.32 Å². The van der Waals surface area contributed by atoms with E-state index in [0.717, 1.165) is 36.4 Å². The highest BCUT2D eigenvalue weighted by molar-refractivity contribution is 9.10. The van der Waals surface area contributed by atoms with Crippen LogP contribution in [0.15, 0.2) is 65.1 Å². The van der Waals surface area contributed by atoms with Crippen LogP contribution in [0.3, 0.4) is 0 Å². The van der Waals surface area contributed by atoms with Gasteiger partial charge in [0.2, 0.25) is 0 Å². The Hall–Kier alpha value is -3.69. The predicted molar refractivity (Wildman–Crippen MR) is 123 cm³/mol. The fourth-order valence-electron chi connectivity index (χ4n) is 3.37. The van der Waals surface area contributed by atoms with Gasteiger partial charge in [-0.15, -0.1) is 0 Å². The molecular weight excluding hydrogens is 637 g/mol. The third-order valence-corrected chi connectivity index (χ3v) is 5.93. The van der Waals surface area contributed by atoms with Crippen molar-refractivity contribution in [3.63, 3.8) is 0 Å². The molecule has 0 saturated heterocycles. The van der Waals surface area contributed by atoms with Gasteiger partial charge in [-0.1, -0.05) is 6.07 Å². The molecule has 3 aromatic rings. The lowest BCUT2D eigenvalue weighted by atomic mass is 9.92. The quantitative estimate of drug-likeness (QED) is 0.273. The van der Waals surface area contributed by atoms with Gasteiger partial charge in [0, 0.05) is 26.9 Å². The maximum absolute atomic E-state index is 14.5. The Labute approximate surface area is 225 Å². The number of carbonyl (C=O) groups is 2. The molecule has 0 fully saturated rings. The molecule has 0 aliphatic rings. The van der Waals surface area contributed by atoms with Crippen LogP contribution in [0.25, 0.3) is 0 Å². The number of hydrogen-bond donors (Lipinski definition) is 2. The molecule has 0 atom stereocenters. The Morgan fingerprint density at radius 3 is 1.75 bits per heavy atom. The zero-order chi connectivity index (χ0) is 30.3. The average molecular weight is 649 g/mol. The van der Waals surface area contributed by atoms with Crippen LogP contribution in [-0.2, 0) is 11.8 Å². The fraction of sp³-hybridized carbons (Fsp3) is 0.167. The van der Waals surface area contributed by atoms with Crippen molar-refractivity contribution in [2.75, 3.05) is 10.6 Å². The Morgan fingerprint density at radius 1 is 0.675 bits per heavy atom. The van der Waals surface area contributed by atoms with Crippen LogP contribution in [0.1, 0.15) is 31.8 Å². The van der Waals surface area contributed by atoms with Crippen LogP contribution in [0.2, 0.25) is 0 Å². The first-order valence-electron chi connectivity index (χ1n) is 10.5. The number of anilines is 2. The molecule has 3 rings (SSSR count). The lowest BCUT2D eigenvalue weighted by Crippen LogP contribution is -2.50. The van der Waals surface area contributed by atoms with Crippen LogP contribution in [0, 0.1) is 5.82 Å². The molecule has 0 unspecified atom stereocenters. The third-order valence-electron chi connectivity index (χ3n) is 5.30. The summed E-state index contributed by atoms with van der Waals surface area (Å²) in [6.07, 6.45) is -19.0. The zero-order valence-corrected chi connectivity index (χ0v) is 20.7. The summed E-state index contributed by atoms with van der Waals surface area (Å²) in [5.74, 6) is -2.70. The van der Waals surface area contributed by atoms with Gasteiger partial charge >= 0.3 is 24.2 Å². The van der Waals surface area contributed by atoms with Gasteiger partial charge in [0.05, 0.1) is 11.3 Å². The second-order valence-electron chi connectivity index (χ2n) is 8.03. The summed E-state index contributed by atoms with van der Waals surface area (Å²) < 4.78 is 146. The summed E-state index contributed by atoms with van der Waals surface area (Å²) in [6, 6.07) is 7.94. The molecule has 0 aromatic heterocycles. The number of carbonyl (C=O) groups excluding carboxylic acids is 2. The van der Waals surface area contributed by atoms with Crippen molar-refractivity contribution in [3.05, 3.63) is 93.2 Å². The summed E-state index contributed by atoms with van der Waals surface area (Å²) in [6.45, 7) is 0. The predicted octanol–water partition coefficient (Wildman–Crippen LogP) is 8.40. The van der Waals surface area contributed by atoms with Gasteiger partial charge in [-0.25, -0.2) is 8.78 Å². The zero-order valence-electron chi connectivity index (χ0n) is 19.1. The summed E-state index contributed by atoms with van der Waals surface area (Å²) in [5, 5.41) is 4.08. The molecule has 0 bridgehead atoms. The maximum atomic E-state index is 14.5. The van der Waals surface area contributed by atoms with Gasteiger partial charge in [-0.05, 0) is 70.5 Å². The SMILES string of the molecule is O=C(Nc1cccc(C(=O)Nc2c(Br)cc(C(F)(C(F)(F)F)C(F)(F)F)cc2C(F)(F)F)c1)c1ccc(F)cc1. The van der Waals surface area contributed by atoms with Gasteiger partial charge in [0.15, 0.2) is 0 Å². The largest absolute Gasteiger partial charge is 0.435 e. The van der Waals surface area contributed by atoms with Gasteiger partial charge in [-0.3, -0.25) is 9.59 Å². The normalized spacial score (nSPS) is 12.7. The van der Waals surface area contributed by atoms with Crippen molar-refractivity contribution in [3.8, 4) is 0 Å². The van der Waals surface area contributed by atoms with Crippen molar-refractivity contribution in [2.45, 2.75) is 24.2 Å². The highest BCUT2D eigenvalue weighted by Gasteiger charge is 2.73. The van der Waals surface area contributed by atoms with E-state index in [0.29, 0.717) is 0 Å². The molecule has 16 heteroatoms. The summed E-state index contributed by atoms with van der Waals surface area (Å²) in [7, 11) is 0. The minimum Gasteiger partial charge on any atom is -0.322 e. The Kier molecular flexibility index (Phi) is 8.26. The number of benzene rings is 3. The Bertz CT molecular complexity index is 1420. The molecule has 214 valence electrons. The second-order valence-corrected chi connectivity index (χ2v) is 8.88. The maximum Gasteiger partial charge on any atom is 0.435 e. The van der Waals surface area contributed by atoms with Gasteiger partial charge in [0.1, 0.15) is 5.82 Å². The van der Waals surface area contributed by atoms with Gasteiger partial charge < -0.3 is 10.6 Å². The van der Waals surface area contributed by atoms with E-state index in [1.165, 1.54) is 12.1 Å². The van der Waals surface area contributed by atoms with Crippen molar-refractivity contribution >= 4 is 39.1 Å². The van der Waals surface area contributed by atoms with Crippen LogP contribution >= 0.6 is 15.9 Å². The van der Waals surface area contributed by atoms with Gasteiger partial charge in [0.25, 0.3) is 11.8 Å². The van der Waals surface area contributed by atoms with Crippen LogP contribution in [0.5, 0.6) is 0 Å². The molecule has 0 heterocycles. The molecule has 4 nitrogen and oxygen atoms in total. The first-order valence-corrected chi connectivity index (χ1v) is 11.3. The lowest BCUT2D eigenvalue weighted by molar-refractivity contribution is -0.348. The highest BCUT2D eigenvalue weighted by Crippen LogP contribution is 2.55. The molecule has 0 spiro atoms. The van der Waals surface area contributed by atoms with Crippen molar-refractivity contribution in [2.24, 2.45) is 0 Å². The fourth-order valence-corrected chi connectivity index (χ4v) is 3.93. The van der Waals surface area contributed by atoms with Crippen molar-refractivity contribution in [1.82, 2.24) is 0 Å². The number of alkyl halides is 10. The molecule has 2 N–H and O–H groups in total. The molecule has 0 aliphatic carbocycles. The standard InChI is InChI=1S/C24H12BrF11N2O2/c25-17-10-13(21(27,23(31,32)33)24(34,35)36)9-16(22(28,29)30)18(17)38-20(40)12-2-1-3-15(8-12)37-19(39)11-4-6-14(26)7-5-11/h1-10H,(H,37,39)(H,38,40). The van der Waals surface area contributed by atoms with E-state index in [4.69, 9.17) is 0 Å².